The summed E-state index contributed by atoms with van der Waals surface area (Å²) >= 11 is 1.84. The van der Waals surface area contributed by atoms with E-state index in [2.05, 4.69) is 31.2 Å². The summed E-state index contributed by atoms with van der Waals surface area (Å²) < 4.78 is 5.72. The minimum Gasteiger partial charge on any atom is -0.465 e. The van der Waals surface area contributed by atoms with Crippen LogP contribution in [0.5, 0.6) is 0 Å². The van der Waals surface area contributed by atoms with Crippen molar-refractivity contribution in [2.45, 2.75) is 37.8 Å². The molecule has 2 unspecified atom stereocenters. The summed E-state index contributed by atoms with van der Waals surface area (Å²) in [6.07, 6.45) is 0. The van der Waals surface area contributed by atoms with Crippen molar-refractivity contribution in [3.05, 3.63) is 59.0 Å². The lowest BCUT2D eigenvalue weighted by molar-refractivity contribution is 0.464. The van der Waals surface area contributed by atoms with Gasteiger partial charge < -0.3 is 10.2 Å². The number of hydrogen-bond acceptors (Lipinski definition) is 3. The second-order valence-electron chi connectivity index (χ2n) is 4.97. The minimum atomic E-state index is 0.0690. The van der Waals surface area contributed by atoms with Gasteiger partial charge in [-0.3, -0.25) is 0 Å². The Balaban J connectivity index is 2.08. The van der Waals surface area contributed by atoms with Gasteiger partial charge in [-0.05, 0) is 44.0 Å². The number of hydrogen-bond donors (Lipinski definition) is 1. The van der Waals surface area contributed by atoms with Crippen LogP contribution < -0.4 is 5.73 Å². The number of furan rings is 1. The fourth-order valence-corrected chi connectivity index (χ4v) is 3.33. The predicted molar refractivity (Wildman–Crippen MR) is 82.3 cm³/mol. The average molecular weight is 275 g/mol. The first-order valence-electron chi connectivity index (χ1n) is 6.56. The fraction of sp³-hybridized carbons (Fsp3) is 0.375. The van der Waals surface area contributed by atoms with E-state index in [-0.39, 0.29) is 11.3 Å². The van der Waals surface area contributed by atoms with Crippen molar-refractivity contribution in [2.75, 3.05) is 0 Å². The number of thioether (sulfide) groups is 1. The molecule has 0 amide bonds. The first-order chi connectivity index (χ1) is 9.08. The van der Waals surface area contributed by atoms with E-state index in [1.165, 1.54) is 11.1 Å². The topological polar surface area (TPSA) is 39.2 Å². The van der Waals surface area contributed by atoms with Crippen molar-refractivity contribution < 1.29 is 4.42 Å². The van der Waals surface area contributed by atoms with Crippen LogP contribution in [0.1, 0.15) is 34.8 Å². The largest absolute Gasteiger partial charge is 0.465 e. The first kappa shape index (κ1) is 14.2. The Bertz CT molecular complexity index is 533. The van der Waals surface area contributed by atoms with Crippen LogP contribution in [0, 0.1) is 13.8 Å². The SMILES string of the molecule is Cc1ccc(C(SCc2ccccc2C)C(C)N)o1. The summed E-state index contributed by atoms with van der Waals surface area (Å²) in [4.78, 5) is 0. The van der Waals surface area contributed by atoms with Crippen molar-refractivity contribution in [2.24, 2.45) is 5.73 Å². The maximum atomic E-state index is 6.10. The molecule has 0 fully saturated rings. The molecule has 3 heteroatoms. The van der Waals surface area contributed by atoms with E-state index in [0.717, 1.165) is 17.3 Å². The Morgan fingerprint density at radius 3 is 2.47 bits per heavy atom. The third kappa shape index (κ3) is 3.64. The van der Waals surface area contributed by atoms with Crippen molar-refractivity contribution >= 4 is 11.8 Å². The number of benzene rings is 1. The predicted octanol–water partition coefficient (Wildman–Crippen LogP) is 4.22. The van der Waals surface area contributed by atoms with Gasteiger partial charge in [0.25, 0.3) is 0 Å². The molecule has 0 aliphatic rings. The summed E-state index contributed by atoms with van der Waals surface area (Å²) in [5, 5.41) is 0.202. The van der Waals surface area contributed by atoms with Crippen LogP contribution in [0.25, 0.3) is 0 Å². The molecule has 1 aromatic heterocycles. The summed E-state index contributed by atoms with van der Waals surface area (Å²) in [5.74, 6) is 2.88. The summed E-state index contributed by atoms with van der Waals surface area (Å²) in [7, 11) is 0. The molecule has 0 bridgehead atoms. The zero-order chi connectivity index (χ0) is 13.8. The van der Waals surface area contributed by atoms with E-state index >= 15 is 0 Å². The van der Waals surface area contributed by atoms with Crippen LogP contribution in [0.3, 0.4) is 0 Å². The van der Waals surface area contributed by atoms with Gasteiger partial charge in [0.05, 0.1) is 5.25 Å². The second-order valence-corrected chi connectivity index (χ2v) is 6.10. The van der Waals surface area contributed by atoms with Crippen LogP contribution in [0.4, 0.5) is 0 Å². The quantitative estimate of drug-likeness (QED) is 0.888. The average Bonchev–Trinajstić information content (AvgIpc) is 2.78. The normalized spacial score (nSPS) is 14.3. The van der Waals surface area contributed by atoms with E-state index in [0.29, 0.717) is 0 Å². The van der Waals surface area contributed by atoms with Gasteiger partial charge >= 0.3 is 0 Å². The zero-order valence-corrected chi connectivity index (χ0v) is 12.5. The molecular formula is C16H21NOS. The number of rotatable bonds is 5. The molecule has 0 saturated heterocycles. The molecule has 1 heterocycles. The highest BCUT2D eigenvalue weighted by Gasteiger charge is 2.20. The maximum Gasteiger partial charge on any atom is 0.118 e. The summed E-state index contributed by atoms with van der Waals surface area (Å²) in [6.45, 7) is 6.15. The standard InChI is InChI=1S/C16H21NOS/c1-11-6-4-5-7-14(11)10-19-16(13(3)17)15-9-8-12(2)18-15/h4-9,13,16H,10,17H2,1-3H3. The first-order valence-corrected chi connectivity index (χ1v) is 7.61. The van der Waals surface area contributed by atoms with Gasteiger partial charge in [0.1, 0.15) is 11.5 Å². The monoisotopic (exact) mass is 275 g/mol. The van der Waals surface area contributed by atoms with Gasteiger partial charge in [-0.25, -0.2) is 0 Å². The lowest BCUT2D eigenvalue weighted by Crippen LogP contribution is -2.22. The molecule has 2 aromatic rings. The highest BCUT2D eigenvalue weighted by molar-refractivity contribution is 7.98. The molecule has 0 spiro atoms. The molecule has 1 aromatic carbocycles. The Morgan fingerprint density at radius 2 is 1.89 bits per heavy atom. The van der Waals surface area contributed by atoms with E-state index in [4.69, 9.17) is 10.2 Å². The zero-order valence-electron chi connectivity index (χ0n) is 11.7. The molecular weight excluding hydrogens is 254 g/mol. The van der Waals surface area contributed by atoms with E-state index in [1.54, 1.807) is 0 Å². The third-order valence-corrected chi connectivity index (χ3v) is 4.70. The summed E-state index contributed by atoms with van der Waals surface area (Å²) in [5.41, 5.74) is 8.79. The molecule has 0 aliphatic heterocycles. The van der Waals surface area contributed by atoms with E-state index < -0.39 is 0 Å². The molecule has 102 valence electrons. The van der Waals surface area contributed by atoms with Gasteiger partial charge in [0.15, 0.2) is 0 Å². The third-order valence-electron chi connectivity index (χ3n) is 3.20. The molecule has 19 heavy (non-hydrogen) atoms. The molecule has 2 atom stereocenters. The van der Waals surface area contributed by atoms with Crippen molar-refractivity contribution in [3.8, 4) is 0 Å². The van der Waals surface area contributed by atoms with Gasteiger partial charge in [-0.15, -0.1) is 11.8 Å². The molecule has 0 saturated carbocycles. The van der Waals surface area contributed by atoms with E-state index in [1.807, 2.05) is 37.7 Å². The van der Waals surface area contributed by atoms with Crippen LogP contribution in [0.15, 0.2) is 40.8 Å². The molecule has 0 aliphatic carbocycles. The van der Waals surface area contributed by atoms with Crippen LogP contribution in [-0.4, -0.2) is 6.04 Å². The second kappa shape index (κ2) is 6.31. The van der Waals surface area contributed by atoms with Crippen molar-refractivity contribution in [3.63, 3.8) is 0 Å². The van der Waals surface area contributed by atoms with E-state index in [9.17, 15) is 0 Å². The Kier molecular flexibility index (Phi) is 4.72. The van der Waals surface area contributed by atoms with Crippen LogP contribution in [0.2, 0.25) is 0 Å². The van der Waals surface area contributed by atoms with Crippen LogP contribution in [-0.2, 0) is 5.75 Å². The molecule has 2 nitrogen and oxygen atoms in total. The van der Waals surface area contributed by atoms with Gasteiger partial charge in [0.2, 0.25) is 0 Å². The van der Waals surface area contributed by atoms with Gasteiger partial charge in [0, 0.05) is 11.8 Å². The minimum absolute atomic E-state index is 0.0690. The number of nitrogens with two attached hydrogens (primary N) is 1. The van der Waals surface area contributed by atoms with Gasteiger partial charge in [-0.2, -0.15) is 0 Å². The lowest BCUT2D eigenvalue weighted by Gasteiger charge is -2.18. The van der Waals surface area contributed by atoms with Crippen molar-refractivity contribution in [1.82, 2.24) is 0 Å². The highest BCUT2D eigenvalue weighted by atomic mass is 32.2. The van der Waals surface area contributed by atoms with Gasteiger partial charge in [-0.1, -0.05) is 24.3 Å². The fourth-order valence-electron chi connectivity index (χ4n) is 2.05. The maximum absolute atomic E-state index is 6.10. The Labute approximate surface area is 119 Å². The lowest BCUT2D eigenvalue weighted by atomic mass is 10.1. The highest BCUT2D eigenvalue weighted by Crippen LogP contribution is 2.35. The molecule has 2 N–H and O–H groups in total. The molecule has 2 rings (SSSR count). The summed E-state index contributed by atoms with van der Waals surface area (Å²) in [6, 6.07) is 12.6. The van der Waals surface area contributed by atoms with Crippen LogP contribution >= 0.6 is 11.8 Å². The molecule has 0 radical (unpaired) electrons. The smallest absolute Gasteiger partial charge is 0.118 e. The Hall–Kier alpha value is -1.19. The number of aryl methyl sites for hydroxylation is 2. The van der Waals surface area contributed by atoms with Crippen molar-refractivity contribution in [1.29, 1.82) is 0 Å². The Morgan fingerprint density at radius 1 is 1.16 bits per heavy atom.